The van der Waals surface area contributed by atoms with E-state index >= 15 is 0 Å². The fourth-order valence-corrected chi connectivity index (χ4v) is 3.40. The first-order chi connectivity index (χ1) is 12.6. The van der Waals surface area contributed by atoms with Gasteiger partial charge in [0.25, 0.3) is 0 Å². The van der Waals surface area contributed by atoms with Gasteiger partial charge in [-0.25, -0.2) is 9.97 Å². The lowest BCUT2D eigenvalue weighted by molar-refractivity contribution is -0.114. The molecule has 1 aromatic carbocycles. The molecule has 3 rings (SSSR count). The van der Waals surface area contributed by atoms with E-state index in [0.29, 0.717) is 17.5 Å². The second-order valence-electron chi connectivity index (χ2n) is 6.59. The van der Waals surface area contributed by atoms with Crippen LogP contribution in [-0.2, 0) is 4.79 Å². The SMILES string of the molecule is CCC1CCCCN1c1ncnc(Nc2ccc(NC(C)=O)cc2)c1N. The first-order valence-corrected chi connectivity index (χ1v) is 9.10. The molecule has 2 heterocycles. The third kappa shape index (κ3) is 4.04. The van der Waals surface area contributed by atoms with Crippen LogP contribution >= 0.6 is 0 Å². The Morgan fingerprint density at radius 1 is 1.23 bits per heavy atom. The molecule has 7 nitrogen and oxygen atoms in total. The number of nitrogens with one attached hydrogen (secondary N) is 2. The number of aromatic nitrogens is 2. The van der Waals surface area contributed by atoms with E-state index in [1.807, 2.05) is 24.3 Å². The van der Waals surface area contributed by atoms with Crippen LogP contribution in [0.4, 0.5) is 28.7 Å². The summed E-state index contributed by atoms with van der Waals surface area (Å²) in [5.41, 5.74) is 8.55. The second kappa shape index (κ2) is 8.03. The number of nitrogen functional groups attached to an aromatic ring is 1. The van der Waals surface area contributed by atoms with Crippen molar-refractivity contribution in [2.24, 2.45) is 0 Å². The van der Waals surface area contributed by atoms with Crippen molar-refractivity contribution < 1.29 is 4.79 Å². The molecule has 0 saturated carbocycles. The predicted octanol–water partition coefficient (Wildman–Crippen LogP) is 3.53. The van der Waals surface area contributed by atoms with E-state index < -0.39 is 0 Å². The lowest BCUT2D eigenvalue weighted by atomic mass is 10.00. The molecule has 1 atom stereocenters. The van der Waals surface area contributed by atoms with E-state index in [2.05, 4.69) is 32.4 Å². The molecule has 138 valence electrons. The summed E-state index contributed by atoms with van der Waals surface area (Å²) in [6.07, 6.45) is 6.23. The van der Waals surface area contributed by atoms with Crippen molar-refractivity contribution in [2.75, 3.05) is 27.8 Å². The van der Waals surface area contributed by atoms with Gasteiger partial charge >= 0.3 is 0 Å². The zero-order valence-corrected chi connectivity index (χ0v) is 15.3. The summed E-state index contributed by atoms with van der Waals surface area (Å²) in [7, 11) is 0. The van der Waals surface area contributed by atoms with Crippen LogP contribution in [-0.4, -0.2) is 28.5 Å². The van der Waals surface area contributed by atoms with E-state index in [4.69, 9.17) is 5.73 Å². The molecule has 2 aromatic rings. The molecule has 1 amide bonds. The number of benzene rings is 1. The fourth-order valence-electron chi connectivity index (χ4n) is 3.40. The van der Waals surface area contributed by atoms with E-state index in [1.165, 1.54) is 19.8 Å². The van der Waals surface area contributed by atoms with Crippen molar-refractivity contribution in [2.45, 2.75) is 45.6 Å². The number of piperidine rings is 1. The third-order valence-corrected chi connectivity index (χ3v) is 4.70. The Morgan fingerprint density at radius 2 is 1.96 bits per heavy atom. The summed E-state index contributed by atoms with van der Waals surface area (Å²) in [4.78, 5) is 22.2. The quantitative estimate of drug-likeness (QED) is 0.760. The molecule has 0 radical (unpaired) electrons. The van der Waals surface area contributed by atoms with Gasteiger partial charge in [0.2, 0.25) is 5.91 Å². The number of carbonyl (C=O) groups excluding carboxylic acids is 1. The van der Waals surface area contributed by atoms with Crippen LogP contribution < -0.4 is 21.3 Å². The molecule has 0 spiro atoms. The molecule has 1 saturated heterocycles. The van der Waals surface area contributed by atoms with Crippen molar-refractivity contribution in [3.05, 3.63) is 30.6 Å². The molecule has 26 heavy (non-hydrogen) atoms. The summed E-state index contributed by atoms with van der Waals surface area (Å²) < 4.78 is 0. The third-order valence-electron chi connectivity index (χ3n) is 4.70. The van der Waals surface area contributed by atoms with Gasteiger partial charge in [-0.05, 0) is 49.9 Å². The number of hydrogen-bond acceptors (Lipinski definition) is 6. The van der Waals surface area contributed by atoms with E-state index in [-0.39, 0.29) is 5.91 Å². The number of nitrogens with two attached hydrogens (primary N) is 1. The van der Waals surface area contributed by atoms with Crippen molar-refractivity contribution in [1.82, 2.24) is 9.97 Å². The van der Waals surface area contributed by atoms with E-state index in [1.54, 1.807) is 6.33 Å². The number of nitrogens with zero attached hydrogens (tertiary/aromatic N) is 3. The summed E-state index contributed by atoms with van der Waals surface area (Å²) in [6.45, 7) is 4.67. The normalized spacial score (nSPS) is 17.0. The van der Waals surface area contributed by atoms with Crippen molar-refractivity contribution in [1.29, 1.82) is 0 Å². The van der Waals surface area contributed by atoms with Crippen LogP contribution in [0.1, 0.15) is 39.5 Å². The molecule has 1 aromatic heterocycles. The van der Waals surface area contributed by atoms with Crippen LogP contribution in [0.5, 0.6) is 0 Å². The Bertz CT molecular complexity index is 761. The van der Waals surface area contributed by atoms with Crippen LogP contribution in [0, 0.1) is 0 Å². The maximum atomic E-state index is 11.1. The van der Waals surface area contributed by atoms with Gasteiger partial charge in [0.1, 0.15) is 12.0 Å². The van der Waals surface area contributed by atoms with Gasteiger partial charge in [-0.3, -0.25) is 4.79 Å². The van der Waals surface area contributed by atoms with Crippen LogP contribution in [0.2, 0.25) is 0 Å². The Hall–Kier alpha value is -2.83. The molecule has 1 aliphatic heterocycles. The Labute approximate surface area is 154 Å². The average molecular weight is 354 g/mol. The van der Waals surface area contributed by atoms with Crippen LogP contribution in [0.15, 0.2) is 30.6 Å². The van der Waals surface area contributed by atoms with Gasteiger partial charge in [0.15, 0.2) is 11.6 Å². The Kier molecular flexibility index (Phi) is 5.55. The van der Waals surface area contributed by atoms with Crippen molar-refractivity contribution >= 4 is 34.6 Å². The van der Waals surface area contributed by atoms with Crippen molar-refractivity contribution in [3.8, 4) is 0 Å². The number of anilines is 5. The second-order valence-corrected chi connectivity index (χ2v) is 6.59. The first kappa shape index (κ1) is 18.0. The Balaban J connectivity index is 1.79. The van der Waals surface area contributed by atoms with Gasteiger partial charge in [-0.15, -0.1) is 0 Å². The predicted molar refractivity (Wildman–Crippen MR) is 106 cm³/mol. The fraction of sp³-hybridized carbons (Fsp3) is 0.421. The van der Waals surface area contributed by atoms with Gasteiger partial charge in [0, 0.05) is 30.9 Å². The van der Waals surface area contributed by atoms with Crippen LogP contribution in [0.3, 0.4) is 0 Å². The molecule has 4 N–H and O–H groups in total. The van der Waals surface area contributed by atoms with Gasteiger partial charge < -0.3 is 21.3 Å². The maximum Gasteiger partial charge on any atom is 0.221 e. The zero-order valence-electron chi connectivity index (χ0n) is 15.3. The number of rotatable bonds is 5. The van der Waals surface area contributed by atoms with Crippen molar-refractivity contribution in [3.63, 3.8) is 0 Å². The largest absolute Gasteiger partial charge is 0.393 e. The molecular weight excluding hydrogens is 328 g/mol. The molecule has 1 aliphatic rings. The van der Waals surface area contributed by atoms with Gasteiger partial charge in [0.05, 0.1) is 0 Å². The summed E-state index contributed by atoms with van der Waals surface area (Å²) in [6, 6.07) is 7.90. The minimum absolute atomic E-state index is 0.0950. The topological polar surface area (TPSA) is 96.2 Å². The van der Waals surface area contributed by atoms with Crippen LogP contribution in [0.25, 0.3) is 0 Å². The number of hydrogen-bond donors (Lipinski definition) is 3. The summed E-state index contributed by atoms with van der Waals surface area (Å²) in [5, 5.41) is 6.00. The minimum atomic E-state index is -0.0950. The lowest BCUT2D eigenvalue weighted by Gasteiger charge is -2.36. The van der Waals surface area contributed by atoms with Gasteiger partial charge in [-0.2, -0.15) is 0 Å². The lowest BCUT2D eigenvalue weighted by Crippen LogP contribution is -2.40. The highest BCUT2D eigenvalue weighted by atomic mass is 16.1. The van der Waals surface area contributed by atoms with Gasteiger partial charge in [-0.1, -0.05) is 6.92 Å². The summed E-state index contributed by atoms with van der Waals surface area (Å²) >= 11 is 0. The molecule has 0 bridgehead atoms. The first-order valence-electron chi connectivity index (χ1n) is 9.10. The average Bonchev–Trinajstić information content (AvgIpc) is 2.64. The molecule has 7 heteroatoms. The molecule has 0 aliphatic carbocycles. The Morgan fingerprint density at radius 3 is 2.65 bits per heavy atom. The smallest absolute Gasteiger partial charge is 0.221 e. The van der Waals surface area contributed by atoms with E-state index in [9.17, 15) is 4.79 Å². The highest BCUT2D eigenvalue weighted by molar-refractivity contribution is 5.89. The zero-order chi connectivity index (χ0) is 18.5. The monoisotopic (exact) mass is 354 g/mol. The van der Waals surface area contributed by atoms with E-state index in [0.717, 1.165) is 36.6 Å². The standard InChI is InChI=1S/C19H26N6O/c1-3-16-6-4-5-11-25(16)19-17(20)18(21-12-22-19)24-15-9-7-14(8-10-15)23-13(2)26/h7-10,12,16H,3-6,11,20H2,1-2H3,(H,23,26)(H,21,22,24). The molecular formula is C19H26N6O. The minimum Gasteiger partial charge on any atom is -0.393 e. The maximum absolute atomic E-state index is 11.1. The molecule has 1 fully saturated rings. The molecule has 1 unspecified atom stereocenters. The summed E-state index contributed by atoms with van der Waals surface area (Å²) in [5.74, 6) is 1.31. The highest BCUT2D eigenvalue weighted by Gasteiger charge is 2.24. The highest BCUT2D eigenvalue weighted by Crippen LogP contribution is 2.33. The number of carbonyl (C=O) groups is 1. The number of amides is 1.